The second-order valence-corrected chi connectivity index (χ2v) is 5.14. The molecule has 5 heteroatoms. The average Bonchev–Trinajstić information content (AvgIpc) is 2.39. The van der Waals surface area contributed by atoms with Crippen molar-refractivity contribution in [2.45, 2.75) is 13.0 Å². The fourth-order valence-electron chi connectivity index (χ4n) is 1.99. The highest BCUT2D eigenvalue weighted by atomic mass is 79.9. The van der Waals surface area contributed by atoms with Crippen LogP contribution in [0.5, 0.6) is 0 Å². The molecular formula is C13H13BrN4. The molecule has 0 aliphatic carbocycles. The summed E-state index contributed by atoms with van der Waals surface area (Å²) in [4.78, 5) is 8.90. The Balaban J connectivity index is 1.85. The molecule has 0 radical (unpaired) electrons. The van der Waals surface area contributed by atoms with Crippen molar-refractivity contribution in [1.29, 1.82) is 0 Å². The first-order valence-corrected chi connectivity index (χ1v) is 6.69. The summed E-state index contributed by atoms with van der Waals surface area (Å²) in [6.45, 7) is 1.85. The Bertz CT molecular complexity index is 571. The predicted octanol–water partition coefficient (Wildman–Crippen LogP) is 2.63. The lowest BCUT2D eigenvalue weighted by atomic mass is 10.1. The third-order valence-electron chi connectivity index (χ3n) is 2.89. The Morgan fingerprint density at radius 1 is 1.33 bits per heavy atom. The Labute approximate surface area is 114 Å². The average molecular weight is 305 g/mol. The van der Waals surface area contributed by atoms with Crippen LogP contribution in [-0.4, -0.2) is 16.5 Å². The number of hydrogen-bond donors (Lipinski definition) is 2. The summed E-state index contributed by atoms with van der Waals surface area (Å²) in [5.74, 6) is 0.661. The third-order valence-corrected chi connectivity index (χ3v) is 3.38. The monoisotopic (exact) mass is 304 g/mol. The number of benzene rings is 1. The molecule has 0 saturated carbocycles. The van der Waals surface area contributed by atoms with E-state index in [2.05, 4.69) is 36.5 Å². The van der Waals surface area contributed by atoms with Crippen molar-refractivity contribution < 1.29 is 0 Å². The van der Waals surface area contributed by atoms with Crippen molar-refractivity contribution >= 4 is 27.6 Å². The van der Waals surface area contributed by atoms with Gasteiger partial charge < -0.3 is 10.6 Å². The van der Waals surface area contributed by atoms with E-state index in [0.29, 0.717) is 5.95 Å². The van der Waals surface area contributed by atoms with Gasteiger partial charge in [0.1, 0.15) is 0 Å². The summed E-state index contributed by atoms with van der Waals surface area (Å²) in [6.07, 6.45) is 2.86. The lowest BCUT2D eigenvalue weighted by Crippen LogP contribution is -2.25. The summed E-state index contributed by atoms with van der Waals surface area (Å²) in [7, 11) is 0. The van der Waals surface area contributed by atoms with Crippen LogP contribution in [0.15, 0.2) is 34.9 Å². The zero-order valence-corrected chi connectivity index (χ0v) is 11.4. The molecule has 2 aromatic rings. The van der Waals surface area contributed by atoms with Crippen LogP contribution in [0, 0.1) is 0 Å². The predicted molar refractivity (Wildman–Crippen MR) is 74.9 cm³/mol. The molecule has 1 aromatic heterocycles. The van der Waals surface area contributed by atoms with Crippen molar-refractivity contribution in [3.8, 4) is 0 Å². The number of hydrogen-bond acceptors (Lipinski definition) is 4. The minimum absolute atomic E-state index is 0.661. The van der Waals surface area contributed by atoms with E-state index in [4.69, 9.17) is 0 Å². The number of nitrogens with zero attached hydrogens (tertiary/aromatic N) is 2. The van der Waals surface area contributed by atoms with Crippen LogP contribution in [0.25, 0.3) is 0 Å². The van der Waals surface area contributed by atoms with E-state index in [9.17, 15) is 0 Å². The highest BCUT2D eigenvalue weighted by molar-refractivity contribution is 9.10. The van der Waals surface area contributed by atoms with Crippen molar-refractivity contribution in [3.63, 3.8) is 0 Å². The molecule has 2 heterocycles. The van der Waals surface area contributed by atoms with Crippen LogP contribution in [0.1, 0.15) is 11.3 Å². The van der Waals surface area contributed by atoms with Gasteiger partial charge in [-0.3, -0.25) is 0 Å². The van der Waals surface area contributed by atoms with Crippen LogP contribution < -0.4 is 10.6 Å². The van der Waals surface area contributed by atoms with Gasteiger partial charge in [-0.1, -0.05) is 22.0 Å². The van der Waals surface area contributed by atoms with E-state index < -0.39 is 0 Å². The molecule has 0 amide bonds. The van der Waals surface area contributed by atoms with E-state index in [1.54, 1.807) is 0 Å². The maximum absolute atomic E-state index is 4.56. The highest BCUT2D eigenvalue weighted by Gasteiger charge is 2.11. The van der Waals surface area contributed by atoms with Gasteiger partial charge in [-0.15, -0.1) is 0 Å². The summed E-state index contributed by atoms with van der Waals surface area (Å²) in [5.41, 5.74) is 3.32. The standard InChI is InChI=1S/C13H13BrN4/c14-10-2-1-3-11(6-10)17-13-16-8-9-7-15-5-4-12(9)18-13/h1-3,6,8,15H,4-5,7H2,(H,16,17,18). The van der Waals surface area contributed by atoms with Crippen LogP contribution in [-0.2, 0) is 13.0 Å². The zero-order chi connectivity index (χ0) is 12.4. The van der Waals surface area contributed by atoms with Crippen molar-refractivity contribution in [2.24, 2.45) is 0 Å². The molecule has 0 fully saturated rings. The number of fused-ring (bicyclic) bond motifs is 1. The molecular weight excluding hydrogens is 292 g/mol. The fourth-order valence-corrected chi connectivity index (χ4v) is 2.39. The van der Waals surface area contributed by atoms with E-state index >= 15 is 0 Å². The first-order chi connectivity index (χ1) is 8.81. The van der Waals surface area contributed by atoms with Crippen molar-refractivity contribution in [1.82, 2.24) is 15.3 Å². The Hall–Kier alpha value is -1.46. The molecule has 3 rings (SSSR count). The van der Waals surface area contributed by atoms with Crippen molar-refractivity contribution in [2.75, 3.05) is 11.9 Å². The van der Waals surface area contributed by atoms with E-state index in [1.165, 1.54) is 5.56 Å². The van der Waals surface area contributed by atoms with Gasteiger partial charge in [0.25, 0.3) is 0 Å². The number of halogens is 1. The zero-order valence-electron chi connectivity index (χ0n) is 9.78. The number of anilines is 2. The second kappa shape index (κ2) is 5.04. The minimum Gasteiger partial charge on any atom is -0.324 e. The quantitative estimate of drug-likeness (QED) is 0.895. The lowest BCUT2D eigenvalue weighted by molar-refractivity contribution is 0.627. The molecule has 0 saturated heterocycles. The summed E-state index contributed by atoms with van der Waals surface area (Å²) in [5, 5.41) is 6.53. The molecule has 4 nitrogen and oxygen atoms in total. The normalized spacial score (nSPS) is 14.1. The van der Waals surface area contributed by atoms with Gasteiger partial charge in [0.2, 0.25) is 5.95 Å². The topological polar surface area (TPSA) is 49.8 Å². The van der Waals surface area contributed by atoms with E-state index in [1.807, 2.05) is 30.5 Å². The number of aromatic nitrogens is 2. The summed E-state index contributed by atoms with van der Waals surface area (Å²) in [6, 6.07) is 7.97. The molecule has 1 aliphatic heterocycles. The molecule has 0 spiro atoms. The number of nitrogens with one attached hydrogen (secondary N) is 2. The molecule has 0 unspecified atom stereocenters. The molecule has 2 N–H and O–H groups in total. The molecule has 0 atom stereocenters. The number of rotatable bonds is 2. The van der Waals surface area contributed by atoms with Gasteiger partial charge in [-0.25, -0.2) is 9.97 Å². The Morgan fingerprint density at radius 2 is 2.28 bits per heavy atom. The Kier molecular flexibility index (Phi) is 3.25. The van der Waals surface area contributed by atoms with Gasteiger partial charge in [-0.2, -0.15) is 0 Å². The SMILES string of the molecule is Brc1cccc(Nc2ncc3c(n2)CCNC3)c1. The van der Waals surface area contributed by atoms with Gasteiger partial charge in [-0.05, 0) is 18.2 Å². The molecule has 92 valence electrons. The van der Waals surface area contributed by atoms with Gasteiger partial charge in [0.15, 0.2) is 0 Å². The Morgan fingerprint density at radius 3 is 3.17 bits per heavy atom. The highest BCUT2D eigenvalue weighted by Crippen LogP contribution is 2.19. The molecule has 1 aliphatic rings. The molecule has 1 aromatic carbocycles. The fraction of sp³-hybridized carbons (Fsp3) is 0.231. The summed E-state index contributed by atoms with van der Waals surface area (Å²) < 4.78 is 1.04. The minimum atomic E-state index is 0.661. The summed E-state index contributed by atoms with van der Waals surface area (Å²) >= 11 is 3.45. The van der Waals surface area contributed by atoms with Gasteiger partial charge in [0.05, 0.1) is 5.69 Å². The molecule has 18 heavy (non-hydrogen) atoms. The van der Waals surface area contributed by atoms with Crippen LogP contribution in [0.4, 0.5) is 11.6 Å². The third kappa shape index (κ3) is 2.52. The maximum Gasteiger partial charge on any atom is 0.227 e. The van der Waals surface area contributed by atoms with Crippen molar-refractivity contribution in [3.05, 3.63) is 46.2 Å². The van der Waals surface area contributed by atoms with Crippen LogP contribution >= 0.6 is 15.9 Å². The second-order valence-electron chi connectivity index (χ2n) is 4.23. The van der Waals surface area contributed by atoms with Crippen LogP contribution in [0.2, 0.25) is 0 Å². The van der Waals surface area contributed by atoms with Gasteiger partial charge in [0, 0.05) is 41.4 Å². The lowest BCUT2D eigenvalue weighted by Gasteiger charge is -2.16. The van der Waals surface area contributed by atoms with E-state index in [0.717, 1.165) is 35.4 Å². The first-order valence-electron chi connectivity index (χ1n) is 5.89. The first kappa shape index (κ1) is 11.6. The van der Waals surface area contributed by atoms with Crippen LogP contribution in [0.3, 0.4) is 0 Å². The smallest absolute Gasteiger partial charge is 0.227 e. The van der Waals surface area contributed by atoms with Gasteiger partial charge >= 0.3 is 0 Å². The molecule has 0 bridgehead atoms. The largest absolute Gasteiger partial charge is 0.324 e. The van der Waals surface area contributed by atoms with E-state index in [-0.39, 0.29) is 0 Å². The maximum atomic E-state index is 4.56.